The second kappa shape index (κ2) is 9.48. The summed E-state index contributed by atoms with van der Waals surface area (Å²) in [4.78, 5) is 19.4. The van der Waals surface area contributed by atoms with Crippen LogP contribution in [-0.4, -0.2) is 25.8 Å². The summed E-state index contributed by atoms with van der Waals surface area (Å²) < 4.78 is 8.32. The minimum absolute atomic E-state index is 0.356. The summed E-state index contributed by atoms with van der Waals surface area (Å²) in [6, 6.07) is 0. The van der Waals surface area contributed by atoms with Crippen molar-refractivity contribution in [2.24, 2.45) is 5.73 Å². The summed E-state index contributed by atoms with van der Waals surface area (Å²) in [5.41, 5.74) is 4.54. The lowest BCUT2D eigenvalue weighted by molar-refractivity contribution is -0.134. The van der Waals surface area contributed by atoms with Crippen LogP contribution in [0.4, 0.5) is 4.79 Å². The highest BCUT2D eigenvalue weighted by molar-refractivity contribution is 5.80. The molecule has 0 spiro atoms. The fourth-order valence-electron chi connectivity index (χ4n) is 0.226. The Morgan fingerprint density at radius 3 is 2.08 bits per heavy atom. The lowest BCUT2D eigenvalue weighted by atomic mass is 10.7. The smallest absolute Gasteiger partial charge is 0.404 e. The van der Waals surface area contributed by atoms with E-state index in [-0.39, 0.29) is 0 Å². The maximum atomic E-state index is 9.84. The first kappa shape index (κ1) is 13.1. The molecule has 0 aliphatic rings. The molecule has 0 aliphatic heterocycles. The van der Waals surface area contributed by atoms with Crippen LogP contribution in [0, 0.1) is 0 Å². The summed E-state index contributed by atoms with van der Waals surface area (Å²) in [6.07, 6.45) is 0.400. The molecule has 12 heavy (non-hydrogen) atoms. The van der Waals surface area contributed by atoms with Crippen LogP contribution in [0.2, 0.25) is 0 Å². The number of amides is 1. The van der Waals surface area contributed by atoms with E-state index in [1.54, 1.807) is 6.92 Å². The van der Waals surface area contributed by atoms with E-state index in [0.29, 0.717) is 6.61 Å². The second-order valence-electron chi connectivity index (χ2n) is 1.48. The maximum absolute atomic E-state index is 9.84. The fourth-order valence-corrected chi connectivity index (χ4v) is 0.226. The van der Waals surface area contributed by atoms with Gasteiger partial charge in [-0.05, 0) is 6.92 Å². The van der Waals surface area contributed by atoms with Crippen LogP contribution < -0.4 is 5.73 Å². The van der Waals surface area contributed by atoms with Crippen molar-refractivity contribution in [2.75, 3.05) is 13.7 Å². The maximum Gasteiger partial charge on any atom is 0.404 e. The van der Waals surface area contributed by atoms with Crippen LogP contribution in [0.5, 0.6) is 0 Å². The molecule has 0 aromatic carbocycles. The first-order chi connectivity index (χ1) is 5.58. The van der Waals surface area contributed by atoms with Crippen LogP contribution in [0.15, 0.2) is 12.7 Å². The zero-order chi connectivity index (χ0) is 9.98. The number of carbonyl (C=O) groups excluding carboxylic acids is 2. The summed E-state index contributed by atoms with van der Waals surface area (Å²) >= 11 is 0. The quantitative estimate of drug-likeness (QED) is 0.488. The molecule has 0 saturated heterocycles. The van der Waals surface area contributed by atoms with Crippen LogP contribution >= 0.6 is 0 Å². The van der Waals surface area contributed by atoms with Gasteiger partial charge in [-0.15, -0.1) is 0 Å². The highest BCUT2D eigenvalue weighted by atomic mass is 16.5. The summed E-state index contributed by atoms with van der Waals surface area (Å²) in [6.45, 7) is 5.21. The van der Waals surface area contributed by atoms with Gasteiger partial charge in [-0.1, -0.05) is 6.58 Å². The Balaban J connectivity index is 0. The molecule has 0 heterocycles. The lowest BCUT2D eigenvalue weighted by Crippen LogP contribution is -2.11. The van der Waals surface area contributed by atoms with Crippen molar-refractivity contribution in [3.63, 3.8) is 0 Å². The van der Waals surface area contributed by atoms with Crippen LogP contribution in [0.3, 0.4) is 0 Å². The van der Waals surface area contributed by atoms with E-state index in [2.05, 4.69) is 21.8 Å². The predicted octanol–water partition coefficient (Wildman–Crippen LogP) is 0.447. The van der Waals surface area contributed by atoms with Gasteiger partial charge in [0, 0.05) is 6.08 Å². The normalized spacial score (nSPS) is 7.17. The fraction of sp³-hybridized carbons (Fsp3) is 0.429. The van der Waals surface area contributed by atoms with E-state index < -0.39 is 12.1 Å². The molecule has 0 aromatic rings. The van der Waals surface area contributed by atoms with Crippen LogP contribution in [0.1, 0.15) is 6.92 Å². The van der Waals surface area contributed by atoms with Crippen molar-refractivity contribution in [1.29, 1.82) is 0 Å². The van der Waals surface area contributed by atoms with E-state index >= 15 is 0 Å². The number of ether oxygens (including phenoxy) is 2. The summed E-state index contributed by atoms with van der Waals surface area (Å²) in [7, 11) is 1.31. The Morgan fingerprint density at radius 1 is 1.58 bits per heavy atom. The largest absolute Gasteiger partial charge is 0.466 e. The number of methoxy groups -OCH3 is 1. The molecule has 0 atom stereocenters. The number of hydrogen-bond acceptors (Lipinski definition) is 4. The molecule has 0 fully saturated rings. The molecule has 1 amide bonds. The molecule has 0 saturated carbocycles. The number of rotatable bonds is 2. The zero-order valence-corrected chi connectivity index (χ0v) is 7.20. The highest BCUT2D eigenvalue weighted by Crippen LogP contribution is 1.67. The molecular formula is C7H13NO4. The minimum Gasteiger partial charge on any atom is -0.466 e. The molecule has 5 nitrogen and oxygen atoms in total. The Bertz CT molecular complexity index is 155. The molecule has 0 radical (unpaired) electrons. The lowest BCUT2D eigenvalue weighted by Gasteiger charge is -1.89. The molecule has 0 unspecified atom stereocenters. The van der Waals surface area contributed by atoms with Crippen molar-refractivity contribution in [3.05, 3.63) is 12.7 Å². The first-order valence-corrected chi connectivity index (χ1v) is 3.21. The van der Waals surface area contributed by atoms with Gasteiger partial charge in [0.2, 0.25) is 0 Å². The molecular weight excluding hydrogens is 162 g/mol. The molecule has 70 valence electrons. The van der Waals surface area contributed by atoms with Gasteiger partial charge in [0.15, 0.2) is 0 Å². The Kier molecular flexibility index (Phi) is 10.3. The van der Waals surface area contributed by atoms with E-state index in [0.717, 1.165) is 6.08 Å². The van der Waals surface area contributed by atoms with Crippen molar-refractivity contribution in [1.82, 2.24) is 0 Å². The van der Waals surface area contributed by atoms with Gasteiger partial charge in [0.05, 0.1) is 13.7 Å². The van der Waals surface area contributed by atoms with Crippen LogP contribution in [0.25, 0.3) is 0 Å². The Labute approximate surface area is 71.1 Å². The minimum atomic E-state index is -0.711. The number of esters is 1. The second-order valence-corrected chi connectivity index (χ2v) is 1.48. The zero-order valence-electron chi connectivity index (χ0n) is 7.20. The number of primary amides is 1. The SMILES string of the molecule is C=CC(=O)OC.CCOC(N)=O. The average molecular weight is 175 g/mol. The Hall–Kier alpha value is -1.52. The van der Waals surface area contributed by atoms with E-state index in [4.69, 9.17) is 0 Å². The third-order valence-corrected chi connectivity index (χ3v) is 0.654. The van der Waals surface area contributed by atoms with Crippen LogP contribution in [-0.2, 0) is 14.3 Å². The number of hydrogen-bond donors (Lipinski definition) is 1. The first-order valence-electron chi connectivity index (χ1n) is 3.21. The molecule has 0 aliphatic carbocycles. The summed E-state index contributed by atoms with van der Waals surface area (Å²) in [5, 5.41) is 0. The van der Waals surface area contributed by atoms with Gasteiger partial charge in [-0.2, -0.15) is 0 Å². The third-order valence-electron chi connectivity index (χ3n) is 0.654. The van der Waals surface area contributed by atoms with Crippen molar-refractivity contribution in [3.8, 4) is 0 Å². The summed E-state index contributed by atoms with van der Waals surface area (Å²) in [5.74, 6) is -0.394. The predicted molar refractivity (Wildman–Crippen MR) is 43.4 cm³/mol. The van der Waals surface area contributed by atoms with Crippen molar-refractivity contribution < 1.29 is 19.1 Å². The third kappa shape index (κ3) is 15.8. The van der Waals surface area contributed by atoms with Gasteiger partial charge in [0.1, 0.15) is 0 Å². The van der Waals surface area contributed by atoms with Gasteiger partial charge in [0.25, 0.3) is 0 Å². The molecule has 0 bridgehead atoms. The van der Waals surface area contributed by atoms with E-state index in [1.807, 2.05) is 0 Å². The molecule has 0 rings (SSSR count). The van der Waals surface area contributed by atoms with Crippen molar-refractivity contribution >= 4 is 12.1 Å². The van der Waals surface area contributed by atoms with Gasteiger partial charge >= 0.3 is 12.1 Å². The molecule has 5 heteroatoms. The number of carbonyl (C=O) groups is 2. The van der Waals surface area contributed by atoms with Crippen molar-refractivity contribution in [2.45, 2.75) is 6.92 Å². The standard InChI is InChI=1S/C4H6O2.C3H7NO2/c1-3-4(5)6-2;1-2-6-3(4)5/h3H,1H2,2H3;2H2,1H3,(H2,4,5). The highest BCUT2D eigenvalue weighted by Gasteiger charge is 1.82. The van der Waals surface area contributed by atoms with Gasteiger partial charge in [-0.25, -0.2) is 9.59 Å². The van der Waals surface area contributed by atoms with E-state index in [9.17, 15) is 9.59 Å². The average Bonchev–Trinajstić information content (AvgIpc) is 2.04. The molecule has 0 aromatic heterocycles. The number of nitrogens with two attached hydrogens (primary N) is 1. The van der Waals surface area contributed by atoms with Gasteiger partial charge < -0.3 is 15.2 Å². The van der Waals surface area contributed by atoms with E-state index in [1.165, 1.54) is 7.11 Å². The molecule has 2 N–H and O–H groups in total. The van der Waals surface area contributed by atoms with Gasteiger partial charge in [-0.3, -0.25) is 0 Å². The topological polar surface area (TPSA) is 78.6 Å². The Morgan fingerprint density at radius 2 is 2.08 bits per heavy atom. The monoisotopic (exact) mass is 175 g/mol.